The van der Waals surface area contributed by atoms with Crippen LogP contribution in [0.15, 0.2) is 0 Å². The monoisotopic (exact) mass is 443 g/mol. The molecule has 9 nitrogen and oxygen atoms in total. The van der Waals surface area contributed by atoms with E-state index in [1.165, 1.54) is 0 Å². The summed E-state index contributed by atoms with van der Waals surface area (Å²) in [5.74, 6) is -1.63. The van der Waals surface area contributed by atoms with Crippen LogP contribution < -0.4 is 74.8 Å². The largest absolute Gasteiger partial charge is 1.00 e. The Morgan fingerprint density at radius 3 is 2.18 bits per heavy atom. The van der Waals surface area contributed by atoms with Crippen LogP contribution in [0.25, 0.3) is 0 Å². The number of phosphoric acid groups is 1. The fourth-order valence-electron chi connectivity index (χ4n) is 2.20. The van der Waals surface area contributed by atoms with E-state index in [-0.39, 0.29) is 59.1 Å². The minimum atomic E-state index is -4.82. The molecule has 0 saturated carbocycles. The third-order valence-corrected chi connectivity index (χ3v) is 4.74. The molecular formula is C16H32NNa2O8P. The first kappa shape index (κ1) is 34.1. The Bertz CT molecular complexity index is 433. The molecule has 0 spiro atoms. The molecule has 0 heterocycles. The average molecular weight is 443 g/mol. The standard InChI is InChI=1S/C16H34NO8P.2Na/c1-3-5-7-9-14(15(11-18)23-10-8-6-4-2)25-26(21,22)24-12-13(17)16(19)20;;/h13-15,18H,3-12,17H2,1-2H3,(H,19,20)(H,21,22);;/q;2*+1/p-2/t13-,14?,15-;;/m0../s1. The first-order chi connectivity index (χ1) is 12.3. The van der Waals surface area contributed by atoms with Gasteiger partial charge < -0.3 is 39.4 Å². The second kappa shape index (κ2) is 20.4. The van der Waals surface area contributed by atoms with Crippen LogP contribution in [0.4, 0.5) is 0 Å². The van der Waals surface area contributed by atoms with Crippen LogP contribution in [-0.2, 0) is 23.1 Å². The van der Waals surface area contributed by atoms with Gasteiger partial charge >= 0.3 is 59.1 Å². The Hall–Kier alpha value is 1.46. The van der Waals surface area contributed by atoms with E-state index in [0.717, 1.165) is 32.1 Å². The van der Waals surface area contributed by atoms with Gasteiger partial charge in [0.15, 0.2) is 0 Å². The number of aliphatic hydroxyl groups excluding tert-OH is 1. The van der Waals surface area contributed by atoms with Crippen LogP contribution in [0.5, 0.6) is 0 Å². The van der Waals surface area contributed by atoms with Crippen molar-refractivity contribution in [3.63, 3.8) is 0 Å². The number of ether oxygens (including phenoxy) is 1. The molecule has 0 aliphatic rings. The van der Waals surface area contributed by atoms with Crippen molar-refractivity contribution in [3.05, 3.63) is 0 Å². The maximum atomic E-state index is 12.0. The molecule has 0 radical (unpaired) electrons. The van der Waals surface area contributed by atoms with Gasteiger partial charge in [-0.15, -0.1) is 0 Å². The molecule has 12 heteroatoms. The van der Waals surface area contributed by atoms with Gasteiger partial charge in [0.2, 0.25) is 0 Å². The van der Waals surface area contributed by atoms with Crippen LogP contribution in [0.2, 0.25) is 0 Å². The molecule has 0 fully saturated rings. The smallest absolute Gasteiger partial charge is 0.756 e. The van der Waals surface area contributed by atoms with E-state index in [0.29, 0.717) is 19.4 Å². The van der Waals surface area contributed by atoms with Gasteiger partial charge in [0, 0.05) is 6.61 Å². The van der Waals surface area contributed by atoms with E-state index in [4.69, 9.17) is 15.0 Å². The molecule has 4 atom stereocenters. The summed E-state index contributed by atoms with van der Waals surface area (Å²) < 4.78 is 27.1. The molecule has 0 amide bonds. The average Bonchev–Trinajstić information content (AvgIpc) is 2.59. The number of phosphoric ester groups is 1. The number of carbonyl (C=O) groups excluding carboxylic acids is 1. The van der Waals surface area contributed by atoms with Gasteiger partial charge in [0.05, 0.1) is 31.3 Å². The molecule has 2 unspecified atom stereocenters. The molecule has 0 aliphatic heterocycles. The molecule has 0 aromatic carbocycles. The molecule has 0 bridgehead atoms. The number of hydrogen-bond donors (Lipinski definition) is 2. The third kappa shape index (κ3) is 17.2. The number of carboxylic acids is 1. The second-order valence-electron chi connectivity index (χ2n) is 6.11. The molecule has 0 aliphatic carbocycles. The summed E-state index contributed by atoms with van der Waals surface area (Å²) in [6, 6.07) is -1.58. The van der Waals surface area contributed by atoms with Crippen molar-refractivity contribution in [2.45, 2.75) is 77.0 Å². The van der Waals surface area contributed by atoms with E-state index in [1.54, 1.807) is 0 Å². The number of aliphatic hydroxyl groups is 1. The van der Waals surface area contributed by atoms with E-state index >= 15 is 0 Å². The zero-order chi connectivity index (χ0) is 20.0. The summed E-state index contributed by atoms with van der Waals surface area (Å²) in [6.07, 6.45) is 3.87. The predicted octanol–water partition coefficient (Wildman–Crippen LogP) is -5.91. The third-order valence-electron chi connectivity index (χ3n) is 3.75. The Morgan fingerprint density at radius 2 is 1.68 bits per heavy atom. The topological polar surface area (TPSA) is 154 Å². The van der Waals surface area contributed by atoms with Crippen LogP contribution in [-0.4, -0.2) is 49.1 Å². The summed E-state index contributed by atoms with van der Waals surface area (Å²) in [6.45, 7) is 3.24. The van der Waals surface area contributed by atoms with Gasteiger partial charge in [0.1, 0.15) is 6.10 Å². The maximum Gasteiger partial charge on any atom is 1.00 e. The van der Waals surface area contributed by atoms with E-state index in [2.05, 4.69) is 4.52 Å². The minimum Gasteiger partial charge on any atom is -0.756 e. The van der Waals surface area contributed by atoms with Crippen molar-refractivity contribution in [2.24, 2.45) is 5.73 Å². The summed E-state index contributed by atoms with van der Waals surface area (Å²) in [5, 5.41) is 20.1. The van der Waals surface area contributed by atoms with Crippen molar-refractivity contribution in [1.29, 1.82) is 0 Å². The first-order valence-electron chi connectivity index (χ1n) is 9.10. The van der Waals surface area contributed by atoms with Crippen LogP contribution >= 0.6 is 7.82 Å². The second-order valence-corrected chi connectivity index (χ2v) is 7.47. The molecule has 0 saturated heterocycles. The van der Waals surface area contributed by atoms with Crippen molar-refractivity contribution < 1.29 is 97.4 Å². The molecule has 156 valence electrons. The quantitative estimate of drug-likeness (QED) is 0.127. The van der Waals surface area contributed by atoms with Crippen LogP contribution in [0.1, 0.15) is 58.8 Å². The Balaban J connectivity index is -0.00000312. The number of aliphatic carboxylic acids is 1. The molecule has 0 rings (SSSR count). The van der Waals surface area contributed by atoms with Gasteiger partial charge in [0.25, 0.3) is 7.82 Å². The summed E-state index contributed by atoms with van der Waals surface area (Å²) in [7, 11) is -4.82. The van der Waals surface area contributed by atoms with E-state index in [9.17, 15) is 24.5 Å². The van der Waals surface area contributed by atoms with Crippen molar-refractivity contribution in [3.8, 4) is 0 Å². The Morgan fingerprint density at radius 1 is 1.11 bits per heavy atom. The van der Waals surface area contributed by atoms with Crippen molar-refractivity contribution >= 4 is 13.8 Å². The maximum absolute atomic E-state index is 12.0. The normalized spacial score (nSPS) is 16.2. The molecule has 0 aromatic rings. The van der Waals surface area contributed by atoms with Crippen LogP contribution in [0.3, 0.4) is 0 Å². The van der Waals surface area contributed by atoms with Gasteiger partial charge in [-0.2, -0.15) is 0 Å². The van der Waals surface area contributed by atoms with Crippen molar-refractivity contribution in [2.75, 3.05) is 19.8 Å². The van der Waals surface area contributed by atoms with Crippen LogP contribution in [0, 0.1) is 0 Å². The Labute approximate surface area is 212 Å². The molecule has 3 N–H and O–H groups in total. The molecule has 28 heavy (non-hydrogen) atoms. The fourth-order valence-corrected chi connectivity index (χ4v) is 3.18. The summed E-state index contributed by atoms with van der Waals surface area (Å²) in [5.41, 5.74) is 5.17. The fraction of sp³-hybridized carbons (Fsp3) is 0.938. The number of carbonyl (C=O) groups is 1. The number of nitrogens with two attached hydrogens (primary N) is 1. The van der Waals surface area contributed by atoms with E-state index < -0.39 is 45.3 Å². The number of carboxylic acid groups (broad SMARTS) is 1. The van der Waals surface area contributed by atoms with Crippen molar-refractivity contribution in [1.82, 2.24) is 0 Å². The zero-order valence-electron chi connectivity index (χ0n) is 17.6. The van der Waals surface area contributed by atoms with Gasteiger partial charge in [-0.1, -0.05) is 46.0 Å². The summed E-state index contributed by atoms with van der Waals surface area (Å²) in [4.78, 5) is 22.5. The minimum absolute atomic E-state index is 0. The number of rotatable bonds is 17. The first-order valence-corrected chi connectivity index (χ1v) is 10.6. The van der Waals surface area contributed by atoms with Gasteiger partial charge in [-0.05, 0) is 12.8 Å². The number of unbranched alkanes of at least 4 members (excludes halogenated alkanes) is 4. The number of hydrogen-bond acceptors (Lipinski definition) is 9. The zero-order valence-corrected chi connectivity index (χ0v) is 22.5. The van der Waals surface area contributed by atoms with Gasteiger partial charge in [-0.3, -0.25) is 4.57 Å². The summed E-state index contributed by atoms with van der Waals surface area (Å²) >= 11 is 0. The predicted molar refractivity (Wildman–Crippen MR) is 91.9 cm³/mol. The molecule has 0 aromatic heterocycles. The Kier molecular flexibility index (Phi) is 24.8. The molecular weight excluding hydrogens is 411 g/mol. The van der Waals surface area contributed by atoms with Gasteiger partial charge in [-0.25, -0.2) is 0 Å². The van der Waals surface area contributed by atoms with E-state index in [1.807, 2.05) is 13.8 Å². The SMILES string of the molecule is CCCCCO[C@@H](CO)C(CCCCC)OP(=O)([O-])OC[C@H](N)C(=O)[O-].[Na+].[Na+].